The molecule has 2 heterocycles. The first-order valence-electron chi connectivity index (χ1n) is 7.29. The summed E-state index contributed by atoms with van der Waals surface area (Å²) in [6.45, 7) is 5.32. The predicted molar refractivity (Wildman–Crippen MR) is 84.6 cm³/mol. The molecule has 5 nitrogen and oxygen atoms in total. The molecule has 3 aromatic rings. The molecular weight excluding hydrogens is 316 g/mol. The van der Waals surface area contributed by atoms with E-state index < -0.39 is 12.4 Å². The Kier molecular flexibility index (Phi) is 3.79. The fraction of sp³-hybridized carbons (Fsp3) is 0.235. The number of carbonyl (C=O) groups is 1. The highest BCUT2D eigenvalue weighted by molar-refractivity contribution is 5.96. The first kappa shape index (κ1) is 16.0. The second-order valence-corrected chi connectivity index (χ2v) is 5.67. The van der Waals surface area contributed by atoms with E-state index in [4.69, 9.17) is 0 Å². The van der Waals surface area contributed by atoms with E-state index in [1.165, 1.54) is 13.0 Å². The molecule has 0 aliphatic carbocycles. The normalized spacial score (nSPS) is 11.4. The van der Waals surface area contributed by atoms with Gasteiger partial charge in [-0.1, -0.05) is 12.1 Å². The maximum atomic E-state index is 13.4. The minimum absolute atomic E-state index is 0.0778. The Morgan fingerprint density at radius 3 is 2.46 bits per heavy atom. The number of alkyl halides is 2. The van der Waals surface area contributed by atoms with Crippen molar-refractivity contribution >= 4 is 11.6 Å². The first-order chi connectivity index (χ1) is 11.3. The summed E-state index contributed by atoms with van der Waals surface area (Å²) in [5.41, 5.74) is 2.53. The third-order valence-electron chi connectivity index (χ3n) is 4.03. The maximum Gasteiger partial charge on any atom is 0.341 e. The van der Waals surface area contributed by atoms with Gasteiger partial charge in [0, 0.05) is 5.56 Å². The minimum atomic E-state index is -2.80. The van der Waals surface area contributed by atoms with Gasteiger partial charge in [-0.3, -0.25) is 0 Å². The molecule has 7 heteroatoms. The van der Waals surface area contributed by atoms with Crippen molar-refractivity contribution in [3.63, 3.8) is 0 Å². The number of hydrogen-bond donors (Lipinski definition) is 1. The molecule has 0 fully saturated rings. The number of aromatic nitrogens is 3. The standard InChI is InChI=1S/C17H15F2N3O2/c1-8-4-5-11(6-9(8)2)12-7-13(15(18)19)22-16(20-12)14(17(23)24)10(3)21-22/h4-7,15H,1-3H3,(H,23,24). The fourth-order valence-electron chi connectivity index (χ4n) is 2.60. The van der Waals surface area contributed by atoms with Crippen molar-refractivity contribution in [3.05, 3.63) is 52.3 Å². The zero-order chi connectivity index (χ0) is 17.6. The van der Waals surface area contributed by atoms with Crippen LogP contribution in [0, 0.1) is 20.8 Å². The van der Waals surface area contributed by atoms with Crippen LogP contribution in [0.4, 0.5) is 8.78 Å². The fourth-order valence-corrected chi connectivity index (χ4v) is 2.60. The average molecular weight is 331 g/mol. The van der Waals surface area contributed by atoms with Crippen molar-refractivity contribution in [1.82, 2.24) is 14.6 Å². The lowest BCUT2D eigenvalue weighted by Gasteiger charge is -2.09. The highest BCUT2D eigenvalue weighted by atomic mass is 19.3. The van der Waals surface area contributed by atoms with Gasteiger partial charge in [-0.25, -0.2) is 23.1 Å². The summed E-state index contributed by atoms with van der Waals surface area (Å²) >= 11 is 0. The number of aryl methyl sites for hydroxylation is 3. The van der Waals surface area contributed by atoms with Gasteiger partial charge in [0.05, 0.1) is 11.4 Å². The van der Waals surface area contributed by atoms with E-state index in [0.29, 0.717) is 11.3 Å². The quantitative estimate of drug-likeness (QED) is 0.789. The summed E-state index contributed by atoms with van der Waals surface area (Å²) in [4.78, 5) is 15.7. The lowest BCUT2D eigenvalue weighted by atomic mass is 10.0. The van der Waals surface area contributed by atoms with Crippen molar-refractivity contribution in [2.75, 3.05) is 0 Å². The van der Waals surface area contributed by atoms with E-state index >= 15 is 0 Å². The van der Waals surface area contributed by atoms with E-state index in [9.17, 15) is 18.7 Å². The van der Waals surface area contributed by atoms with E-state index in [-0.39, 0.29) is 22.6 Å². The topological polar surface area (TPSA) is 67.5 Å². The Hall–Kier alpha value is -2.83. The third-order valence-corrected chi connectivity index (χ3v) is 4.03. The molecule has 0 aliphatic heterocycles. The molecule has 1 aromatic carbocycles. The van der Waals surface area contributed by atoms with Crippen LogP contribution in [-0.4, -0.2) is 25.7 Å². The van der Waals surface area contributed by atoms with Crippen LogP contribution in [0.3, 0.4) is 0 Å². The predicted octanol–water partition coefficient (Wildman–Crippen LogP) is 3.96. The van der Waals surface area contributed by atoms with Gasteiger partial charge in [0.15, 0.2) is 5.65 Å². The number of halogens is 2. The van der Waals surface area contributed by atoms with Crippen LogP contribution in [-0.2, 0) is 0 Å². The second-order valence-electron chi connectivity index (χ2n) is 5.67. The Balaban J connectivity index is 2.35. The zero-order valence-corrected chi connectivity index (χ0v) is 13.3. The molecule has 2 aromatic heterocycles. The highest BCUT2D eigenvalue weighted by Crippen LogP contribution is 2.28. The molecule has 0 bridgehead atoms. The summed E-state index contributed by atoms with van der Waals surface area (Å²) in [6.07, 6.45) is -2.80. The molecule has 124 valence electrons. The van der Waals surface area contributed by atoms with Gasteiger partial charge in [-0.05, 0) is 44.0 Å². The average Bonchev–Trinajstić information content (AvgIpc) is 2.84. The monoisotopic (exact) mass is 331 g/mol. The number of rotatable bonds is 3. The van der Waals surface area contributed by atoms with Crippen LogP contribution in [0.25, 0.3) is 16.9 Å². The third kappa shape index (κ3) is 2.51. The van der Waals surface area contributed by atoms with Crippen LogP contribution in [0.1, 0.15) is 39.3 Å². The Labute approximate surface area is 136 Å². The summed E-state index contributed by atoms with van der Waals surface area (Å²) in [5.74, 6) is -1.24. The summed E-state index contributed by atoms with van der Waals surface area (Å²) < 4.78 is 27.8. The van der Waals surface area contributed by atoms with Gasteiger partial charge in [-0.15, -0.1) is 0 Å². The number of benzene rings is 1. The molecule has 24 heavy (non-hydrogen) atoms. The Morgan fingerprint density at radius 1 is 1.17 bits per heavy atom. The van der Waals surface area contributed by atoms with Crippen LogP contribution in [0.5, 0.6) is 0 Å². The van der Waals surface area contributed by atoms with E-state index in [1.54, 1.807) is 6.07 Å². The molecule has 0 saturated carbocycles. The zero-order valence-electron chi connectivity index (χ0n) is 13.3. The minimum Gasteiger partial charge on any atom is -0.477 e. The second kappa shape index (κ2) is 5.67. The van der Waals surface area contributed by atoms with Crippen molar-refractivity contribution < 1.29 is 18.7 Å². The van der Waals surface area contributed by atoms with Gasteiger partial charge in [0.1, 0.15) is 11.3 Å². The van der Waals surface area contributed by atoms with Crippen LogP contribution in [0.2, 0.25) is 0 Å². The molecule has 0 radical (unpaired) electrons. The van der Waals surface area contributed by atoms with Gasteiger partial charge in [0.2, 0.25) is 0 Å². The molecular formula is C17H15F2N3O2. The maximum absolute atomic E-state index is 13.4. The summed E-state index contributed by atoms with van der Waals surface area (Å²) in [6, 6.07) is 6.74. The molecule has 0 atom stereocenters. The van der Waals surface area contributed by atoms with Crippen LogP contribution in [0.15, 0.2) is 24.3 Å². The lowest BCUT2D eigenvalue weighted by Crippen LogP contribution is -2.04. The largest absolute Gasteiger partial charge is 0.477 e. The number of fused-ring (bicyclic) bond motifs is 1. The number of carboxylic acids is 1. The van der Waals surface area contributed by atoms with Crippen LogP contribution >= 0.6 is 0 Å². The van der Waals surface area contributed by atoms with Crippen molar-refractivity contribution in [2.45, 2.75) is 27.2 Å². The van der Waals surface area contributed by atoms with E-state index in [1.807, 2.05) is 26.0 Å². The molecule has 0 saturated heterocycles. The SMILES string of the molecule is Cc1ccc(-c2cc(C(F)F)n3nc(C)c(C(=O)O)c3n2)cc1C. The summed E-state index contributed by atoms with van der Waals surface area (Å²) in [7, 11) is 0. The van der Waals surface area contributed by atoms with Gasteiger partial charge in [-0.2, -0.15) is 5.10 Å². The van der Waals surface area contributed by atoms with Crippen molar-refractivity contribution in [1.29, 1.82) is 0 Å². The number of nitrogens with zero attached hydrogens (tertiary/aromatic N) is 3. The molecule has 0 unspecified atom stereocenters. The number of aromatic carboxylic acids is 1. The molecule has 0 amide bonds. The molecule has 3 rings (SSSR count). The molecule has 1 N–H and O–H groups in total. The Morgan fingerprint density at radius 2 is 1.88 bits per heavy atom. The lowest BCUT2D eigenvalue weighted by molar-refractivity contribution is 0.0698. The first-order valence-corrected chi connectivity index (χ1v) is 7.29. The van der Waals surface area contributed by atoms with Gasteiger partial charge >= 0.3 is 5.97 Å². The van der Waals surface area contributed by atoms with Crippen molar-refractivity contribution in [3.8, 4) is 11.3 Å². The highest BCUT2D eigenvalue weighted by Gasteiger charge is 2.23. The van der Waals surface area contributed by atoms with Crippen LogP contribution < -0.4 is 0 Å². The van der Waals surface area contributed by atoms with Gasteiger partial charge in [0.25, 0.3) is 6.43 Å². The number of hydrogen-bond acceptors (Lipinski definition) is 3. The smallest absolute Gasteiger partial charge is 0.341 e. The van der Waals surface area contributed by atoms with Crippen molar-refractivity contribution in [2.24, 2.45) is 0 Å². The van der Waals surface area contributed by atoms with Gasteiger partial charge < -0.3 is 5.11 Å². The van der Waals surface area contributed by atoms with E-state index in [0.717, 1.165) is 15.6 Å². The summed E-state index contributed by atoms with van der Waals surface area (Å²) in [5, 5.41) is 13.3. The number of carboxylic acid groups (broad SMARTS) is 1. The molecule has 0 spiro atoms. The van der Waals surface area contributed by atoms with E-state index in [2.05, 4.69) is 10.1 Å². The Bertz CT molecular complexity index is 964. The molecule has 0 aliphatic rings.